The number of aryl methyl sites for hydroxylation is 1. The minimum Gasteiger partial charge on any atom is -0.481 e. The Bertz CT molecular complexity index is 368. The molecular weight excluding hydrogens is 226 g/mol. The van der Waals surface area contributed by atoms with Crippen LogP contribution >= 0.6 is 11.6 Å². The van der Waals surface area contributed by atoms with Gasteiger partial charge in [0.05, 0.1) is 12.5 Å². The highest BCUT2D eigenvalue weighted by Gasteiger charge is 2.29. The zero-order valence-electron chi connectivity index (χ0n) is 9.53. The number of halogens is 1. The van der Waals surface area contributed by atoms with E-state index in [-0.39, 0.29) is 5.38 Å². The maximum absolute atomic E-state index is 6.19. The van der Waals surface area contributed by atoms with Gasteiger partial charge in [0.25, 0.3) is 0 Å². The lowest BCUT2D eigenvalue weighted by Gasteiger charge is -2.10. The van der Waals surface area contributed by atoms with Crippen LogP contribution in [0.3, 0.4) is 0 Å². The zero-order valence-corrected chi connectivity index (χ0v) is 10.3. The third-order valence-corrected chi connectivity index (χ3v) is 3.14. The third kappa shape index (κ3) is 2.98. The SMILES string of the molecule is COc1cc(C)nc(NCC(Cl)C2CC2)n1. The standard InChI is InChI=1S/C11H16ClN3O/c1-7-5-10(16-2)15-11(14-7)13-6-9(12)8-3-4-8/h5,8-9H,3-4,6H2,1-2H3,(H,13,14,15). The molecule has 1 fully saturated rings. The van der Waals surface area contributed by atoms with Gasteiger partial charge in [0, 0.05) is 18.3 Å². The van der Waals surface area contributed by atoms with Gasteiger partial charge in [0.2, 0.25) is 11.8 Å². The lowest BCUT2D eigenvalue weighted by Crippen LogP contribution is -2.17. The molecule has 1 aromatic heterocycles. The van der Waals surface area contributed by atoms with E-state index >= 15 is 0 Å². The number of alkyl halides is 1. The lowest BCUT2D eigenvalue weighted by atomic mass is 10.3. The van der Waals surface area contributed by atoms with E-state index in [1.807, 2.05) is 6.92 Å². The average molecular weight is 242 g/mol. The van der Waals surface area contributed by atoms with Gasteiger partial charge in [-0.2, -0.15) is 4.98 Å². The number of aromatic nitrogens is 2. The molecule has 1 aliphatic rings. The minimum absolute atomic E-state index is 0.176. The predicted octanol–water partition coefficient (Wildman–Crippen LogP) is 2.22. The van der Waals surface area contributed by atoms with Gasteiger partial charge in [0.15, 0.2) is 0 Å². The van der Waals surface area contributed by atoms with Crippen molar-refractivity contribution in [2.75, 3.05) is 19.0 Å². The number of hydrogen-bond donors (Lipinski definition) is 1. The van der Waals surface area contributed by atoms with Crippen molar-refractivity contribution < 1.29 is 4.74 Å². The summed E-state index contributed by atoms with van der Waals surface area (Å²) in [6, 6.07) is 1.80. The summed E-state index contributed by atoms with van der Waals surface area (Å²) in [7, 11) is 1.60. The fraction of sp³-hybridized carbons (Fsp3) is 0.636. The molecule has 1 atom stereocenters. The highest BCUT2D eigenvalue weighted by Crippen LogP contribution is 2.35. The molecule has 1 heterocycles. The van der Waals surface area contributed by atoms with Crippen molar-refractivity contribution in [1.29, 1.82) is 0 Å². The summed E-state index contributed by atoms with van der Waals surface area (Å²) in [5, 5.41) is 3.32. The van der Waals surface area contributed by atoms with Crippen molar-refractivity contribution in [3.63, 3.8) is 0 Å². The number of nitrogens with one attached hydrogen (secondary N) is 1. The Morgan fingerprint density at radius 3 is 2.94 bits per heavy atom. The van der Waals surface area contributed by atoms with Crippen molar-refractivity contribution in [3.8, 4) is 5.88 Å². The number of hydrogen-bond acceptors (Lipinski definition) is 4. The number of ether oxygens (including phenoxy) is 1. The van der Waals surface area contributed by atoms with Crippen LogP contribution in [-0.4, -0.2) is 29.0 Å². The van der Waals surface area contributed by atoms with Crippen LogP contribution in [-0.2, 0) is 0 Å². The first-order chi connectivity index (χ1) is 7.69. The molecule has 1 N–H and O–H groups in total. The summed E-state index contributed by atoms with van der Waals surface area (Å²) < 4.78 is 5.08. The Morgan fingerprint density at radius 1 is 1.56 bits per heavy atom. The van der Waals surface area contributed by atoms with E-state index < -0.39 is 0 Å². The predicted molar refractivity (Wildman–Crippen MR) is 64.2 cm³/mol. The molecule has 0 saturated heterocycles. The van der Waals surface area contributed by atoms with Crippen LogP contribution in [0.2, 0.25) is 0 Å². The Hall–Kier alpha value is -1.03. The second-order valence-electron chi connectivity index (χ2n) is 4.11. The van der Waals surface area contributed by atoms with Crippen molar-refractivity contribution >= 4 is 17.5 Å². The number of methoxy groups -OCH3 is 1. The maximum Gasteiger partial charge on any atom is 0.226 e. The van der Waals surface area contributed by atoms with E-state index in [0.29, 0.717) is 24.3 Å². The maximum atomic E-state index is 6.19. The molecule has 0 aliphatic heterocycles. The molecule has 0 aromatic carbocycles. The Morgan fingerprint density at radius 2 is 2.31 bits per heavy atom. The lowest BCUT2D eigenvalue weighted by molar-refractivity contribution is 0.397. The van der Waals surface area contributed by atoms with Gasteiger partial charge in [-0.15, -0.1) is 11.6 Å². The molecule has 0 radical (unpaired) electrons. The number of nitrogens with zero attached hydrogens (tertiary/aromatic N) is 2. The topological polar surface area (TPSA) is 47.0 Å². The molecule has 1 aliphatic carbocycles. The van der Waals surface area contributed by atoms with E-state index in [0.717, 1.165) is 5.69 Å². The third-order valence-electron chi connectivity index (χ3n) is 2.63. The van der Waals surface area contributed by atoms with Crippen LogP contribution in [0.15, 0.2) is 6.07 Å². The summed E-state index contributed by atoms with van der Waals surface area (Å²) in [5.74, 6) is 1.83. The first-order valence-electron chi connectivity index (χ1n) is 5.46. The Kier molecular flexibility index (Phi) is 3.49. The number of anilines is 1. The quantitative estimate of drug-likeness (QED) is 0.803. The van der Waals surface area contributed by atoms with E-state index in [4.69, 9.17) is 16.3 Å². The van der Waals surface area contributed by atoms with Gasteiger partial charge < -0.3 is 10.1 Å². The van der Waals surface area contributed by atoms with Crippen LogP contribution < -0.4 is 10.1 Å². The van der Waals surface area contributed by atoms with Crippen molar-refractivity contribution in [3.05, 3.63) is 11.8 Å². The molecule has 4 nitrogen and oxygen atoms in total. The Labute approximate surface area is 100 Å². The highest BCUT2D eigenvalue weighted by atomic mass is 35.5. The second-order valence-corrected chi connectivity index (χ2v) is 4.67. The van der Waals surface area contributed by atoms with E-state index in [2.05, 4.69) is 15.3 Å². The van der Waals surface area contributed by atoms with Gasteiger partial charge in [-0.1, -0.05) is 0 Å². The number of rotatable bonds is 5. The molecule has 88 valence electrons. The zero-order chi connectivity index (χ0) is 11.5. The molecule has 0 bridgehead atoms. The summed E-state index contributed by atoms with van der Waals surface area (Å²) in [5.41, 5.74) is 0.881. The fourth-order valence-electron chi connectivity index (χ4n) is 1.54. The molecule has 1 unspecified atom stereocenters. The molecule has 1 saturated carbocycles. The molecule has 0 amide bonds. The highest BCUT2D eigenvalue weighted by molar-refractivity contribution is 6.21. The Balaban J connectivity index is 1.94. The van der Waals surface area contributed by atoms with E-state index in [1.54, 1.807) is 13.2 Å². The second kappa shape index (κ2) is 4.87. The van der Waals surface area contributed by atoms with Crippen molar-refractivity contribution in [2.45, 2.75) is 25.1 Å². The molecule has 5 heteroatoms. The summed E-state index contributed by atoms with van der Waals surface area (Å²) >= 11 is 6.19. The van der Waals surface area contributed by atoms with Crippen LogP contribution in [0, 0.1) is 12.8 Å². The molecule has 16 heavy (non-hydrogen) atoms. The molecule has 1 aromatic rings. The summed E-state index contributed by atoms with van der Waals surface area (Å²) in [6.07, 6.45) is 2.49. The van der Waals surface area contributed by atoms with E-state index in [1.165, 1.54) is 12.8 Å². The van der Waals surface area contributed by atoms with Gasteiger partial charge >= 0.3 is 0 Å². The smallest absolute Gasteiger partial charge is 0.226 e. The van der Waals surface area contributed by atoms with Crippen LogP contribution in [0.1, 0.15) is 18.5 Å². The fourth-order valence-corrected chi connectivity index (χ4v) is 1.87. The monoisotopic (exact) mass is 241 g/mol. The summed E-state index contributed by atoms with van der Waals surface area (Å²) in [6.45, 7) is 2.62. The van der Waals surface area contributed by atoms with Gasteiger partial charge in [-0.3, -0.25) is 0 Å². The first-order valence-corrected chi connectivity index (χ1v) is 5.90. The van der Waals surface area contributed by atoms with Crippen LogP contribution in [0.25, 0.3) is 0 Å². The van der Waals surface area contributed by atoms with Crippen LogP contribution in [0.4, 0.5) is 5.95 Å². The van der Waals surface area contributed by atoms with Crippen LogP contribution in [0.5, 0.6) is 5.88 Å². The largest absolute Gasteiger partial charge is 0.481 e. The van der Waals surface area contributed by atoms with E-state index in [9.17, 15) is 0 Å². The summed E-state index contributed by atoms with van der Waals surface area (Å²) in [4.78, 5) is 8.47. The first kappa shape index (κ1) is 11.5. The van der Waals surface area contributed by atoms with Crippen molar-refractivity contribution in [1.82, 2.24) is 9.97 Å². The van der Waals surface area contributed by atoms with Gasteiger partial charge in [-0.05, 0) is 25.7 Å². The van der Waals surface area contributed by atoms with Gasteiger partial charge in [0.1, 0.15) is 0 Å². The normalized spacial score (nSPS) is 16.9. The van der Waals surface area contributed by atoms with Gasteiger partial charge in [-0.25, -0.2) is 4.98 Å². The van der Waals surface area contributed by atoms with Crippen molar-refractivity contribution in [2.24, 2.45) is 5.92 Å². The molecular formula is C11H16ClN3O. The molecule has 0 spiro atoms. The average Bonchev–Trinajstić information content (AvgIpc) is 3.08. The minimum atomic E-state index is 0.176. The molecule has 2 rings (SSSR count).